The summed E-state index contributed by atoms with van der Waals surface area (Å²) in [5.41, 5.74) is 0.207. The Hall–Kier alpha value is -2.94. The van der Waals surface area contributed by atoms with Crippen molar-refractivity contribution in [1.82, 2.24) is 18.9 Å². The third-order valence-corrected chi connectivity index (χ3v) is 11.0. The van der Waals surface area contributed by atoms with E-state index >= 15 is 0 Å². The van der Waals surface area contributed by atoms with Crippen molar-refractivity contribution in [2.24, 2.45) is 5.41 Å². The topological polar surface area (TPSA) is 129 Å². The minimum Gasteiger partial charge on any atom is -0.492 e. The average molecular weight is 605 g/mol. The number of ether oxygens (including phenoxy) is 1. The normalized spacial score (nSPS) is 22.2. The van der Waals surface area contributed by atoms with Gasteiger partial charge in [0, 0.05) is 56.1 Å². The lowest BCUT2D eigenvalue weighted by atomic mass is 9.79. The summed E-state index contributed by atoms with van der Waals surface area (Å²) in [6.07, 6.45) is 2.76. The quantitative estimate of drug-likeness (QED) is 0.466. The first kappa shape index (κ1) is 29.5. The molecule has 41 heavy (non-hydrogen) atoms. The molecule has 2 aliphatic heterocycles. The molecular weight excluding hydrogens is 571 g/mol. The second-order valence-electron chi connectivity index (χ2n) is 10.7. The van der Waals surface area contributed by atoms with Gasteiger partial charge in [0.05, 0.1) is 12.7 Å². The van der Waals surface area contributed by atoms with Crippen molar-refractivity contribution >= 4 is 20.0 Å². The van der Waals surface area contributed by atoms with E-state index in [0.717, 1.165) is 0 Å². The minimum atomic E-state index is -4.07. The molecule has 2 aromatic carbocycles. The number of hydrogen-bond acceptors (Lipinski definition) is 8. The Morgan fingerprint density at radius 1 is 1.12 bits per heavy atom. The van der Waals surface area contributed by atoms with E-state index in [1.807, 2.05) is 11.9 Å². The van der Waals surface area contributed by atoms with Crippen LogP contribution in [0.3, 0.4) is 0 Å². The number of benzene rings is 2. The van der Waals surface area contributed by atoms with Crippen molar-refractivity contribution in [2.75, 3.05) is 46.4 Å². The molecule has 0 amide bonds. The third-order valence-electron chi connectivity index (χ3n) is 7.64. The van der Waals surface area contributed by atoms with E-state index in [4.69, 9.17) is 4.74 Å². The zero-order chi connectivity index (χ0) is 29.3. The number of aromatic nitrogens is 1. The number of piperidine rings is 1. The largest absolute Gasteiger partial charge is 0.492 e. The zero-order valence-electron chi connectivity index (χ0n) is 22.6. The smallest absolute Gasteiger partial charge is 0.244 e. The van der Waals surface area contributed by atoms with Crippen LogP contribution >= 0.6 is 0 Å². The molecule has 3 aromatic rings. The third kappa shape index (κ3) is 6.45. The number of hydrogen-bond donors (Lipinski definition) is 2. The number of pyridine rings is 1. The van der Waals surface area contributed by atoms with Crippen LogP contribution in [0.2, 0.25) is 0 Å². The predicted molar refractivity (Wildman–Crippen MR) is 151 cm³/mol. The van der Waals surface area contributed by atoms with Gasteiger partial charge in [0.15, 0.2) is 0 Å². The summed E-state index contributed by atoms with van der Waals surface area (Å²) >= 11 is 0. The van der Waals surface area contributed by atoms with Crippen molar-refractivity contribution in [1.29, 1.82) is 0 Å². The van der Waals surface area contributed by atoms with E-state index in [2.05, 4.69) is 9.71 Å². The molecule has 10 nitrogen and oxygen atoms in total. The SMILES string of the molecule is CN1CC(O)CNS(=O)(=O)c2ccc(-c3ccccc3F)cc2OCC2(CCN(S(=O)(=O)c3cccnc3)CC2)C1. The Morgan fingerprint density at radius 3 is 2.59 bits per heavy atom. The van der Waals surface area contributed by atoms with Crippen molar-refractivity contribution in [2.45, 2.75) is 28.7 Å². The monoisotopic (exact) mass is 604 g/mol. The van der Waals surface area contributed by atoms with E-state index in [9.17, 15) is 26.3 Å². The number of aliphatic hydroxyl groups excluding tert-OH is 1. The fourth-order valence-corrected chi connectivity index (χ4v) is 8.08. The molecule has 2 N–H and O–H groups in total. The lowest BCUT2D eigenvalue weighted by Gasteiger charge is -2.43. The molecule has 13 heteroatoms. The summed E-state index contributed by atoms with van der Waals surface area (Å²) in [5.74, 6) is -0.397. The Morgan fingerprint density at radius 2 is 1.88 bits per heavy atom. The average Bonchev–Trinajstić information content (AvgIpc) is 2.95. The molecule has 0 bridgehead atoms. The van der Waals surface area contributed by atoms with Gasteiger partial charge in [-0.25, -0.2) is 25.9 Å². The molecule has 1 saturated heterocycles. The van der Waals surface area contributed by atoms with Crippen LogP contribution in [0.1, 0.15) is 12.8 Å². The summed E-state index contributed by atoms with van der Waals surface area (Å²) in [4.78, 5) is 5.85. The van der Waals surface area contributed by atoms with E-state index in [1.165, 1.54) is 47.0 Å². The van der Waals surface area contributed by atoms with Gasteiger partial charge in [0.25, 0.3) is 0 Å². The fraction of sp³-hybridized carbons (Fsp3) is 0.393. The summed E-state index contributed by atoms with van der Waals surface area (Å²) in [6.45, 7) is 1.06. The number of likely N-dealkylation sites (N-methyl/N-ethyl adjacent to an activating group) is 1. The van der Waals surface area contributed by atoms with Gasteiger partial charge in [-0.3, -0.25) is 4.98 Å². The van der Waals surface area contributed by atoms with Crippen LogP contribution in [0, 0.1) is 11.2 Å². The highest BCUT2D eigenvalue weighted by molar-refractivity contribution is 7.89. The number of halogens is 1. The maximum Gasteiger partial charge on any atom is 0.244 e. The van der Waals surface area contributed by atoms with Crippen molar-refractivity contribution in [3.8, 4) is 16.9 Å². The number of rotatable bonds is 3. The van der Waals surface area contributed by atoms with Gasteiger partial charge in [-0.2, -0.15) is 4.31 Å². The van der Waals surface area contributed by atoms with Crippen LogP contribution < -0.4 is 9.46 Å². The molecule has 1 atom stereocenters. The first-order chi connectivity index (χ1) is 19.5. The molecular formula is C28H33FN4O6S2. The molecule has 1 aromatic heterocycles. The standard InChI is InChI=1S/C28H33FN4O6S2/c1-32-18-22(34)16-31-40(35,36)27-9-8-21(24-6-2-3-7-25(24)29)15-26(27)39-20-28(19-32)10-13-33(14-11-28)41(37,38)23-5-4-12-30-17-23/h2-9,12,15,17,22,31,34H,10-11,13-14,16,18-20H2,1H3. The van der Waals surface area contributed by atoms with Crippen molar-refractivity contribution < 1.29 is 31.1 Å². The van der Waals surface area contributed by atoms with Gasteiger partial charge in [0.2, 0.25) is 20.0 Å². The molecule has 0 radical (unpaired) electrons. The lowest BCUT2D eigenvalue weighted by Crippen LogP contribution is -2.51. The van der Waals surface area contributed by atoms with Gasteiger partial charge in [0.1, 0.15) is 21.4 Å². The maximum atomic E-state index is 14.6. The zero-order valence-corrected chi connectivity index (χ0v) is 24.2. The van der Waals surface area contributed by atoms with Crippen LogP contribution in [0.15, 0.2) is 76.8 Å². The van der Waals surface area contributed by atoms with Crippen LogP contribution in [0.4, 0.5) is 4.39 Å². The van der Waals surface area contributed by atoms with Crippen LogP contribution in [0.25, 0.3) is 11.1 Å². The predicted octanol–water partition coefficient (Wildman–Crippen LogP) is 2.32. The van der Waals surface area contributed by atoms with Crippen LogP contribution in [-0.2, 0) is 20.0 Å². The summed E-state index contributed by atoms with van der Waals surface area (Å²) in [7, 11) is -5.97. The molecule has 0 aliphatic carbocycles. The minimum absolute atomic E-state index is 0.0563. The van der Waals surface area contributed by atoms with Gasteiger partial charge in [-0.15, -0.1) is 0 Å². The fourth-order valence-electron chi connectivity index (χ4n) is 5.48. The van der Waals surface area contributed by atoms with E-state index < -0.39 is 37.4 Å². The first-order valence-corrected chi connectivity index (χ1v) is 16.2. The summed E-state index contributed by atoms with van der Waals surface area (Å²) in [6, 6.07) is 13.7. The number of fused-ring (bicyclic) bond motifs is 1. The molecule has 220 valence electrons. The van der Waals surface area contributed by atoms with E-state index in [1.54, 1.807) is 24.3 Å². The number of aliphatic hydroxyl groups is 1. The number of sulfonamides is 2. The second kappa shape index (κ2) is 11.7. The van der Waals surface area contributed by atoms with Gasteiger partial charge in [-0.05, 0) is 55.8 Å². The number of nitrogens with zero attached hydrogens (tertiary/aromatic N) is 3. The Balaban J connectivity index is 1.47. The number of β-amino-alcohol motifs (C(OH)–C–C–N with tert-alkyl or cyclic N) is 1. The lowest BCUT2D eigenvalue weighted by molar-refractivity contribution is 0.0318. The van der Waals surface area contributed by atoms with Gasteiger partial charge in [-0.1, -0.05) is 24.3 Å². The van der Waals surface area contributed by atoms with Gasteiger partial charge >= 0.3 is 0 Å². The van der Waals surface area contributed by atoms with Crippen LogP contribution in [0.5, 0.6) is 5.75 Å². The van der Waals surface area contributed by atoms with E-state index in [0.29, 0.717) is 30.5 Å². The highest BCUT2D eigenvalue weighted by Crippen LogP contribution is 2.38. The molecule has 5 rings (SSSR count). The highest BCUT2D eigenvalue weighted by Gasteiger charge is 2.41. The Labute approximate surface area is 239 Å². The molecule has 3 heterocycles. The molecule has 2 aliphatic rings. The molecule has 1 spiro atoms. The maximum absolute atomic E-state index is 14.6. The summed E-state index contributed by atoms with van der Waals surface area (Å²) in [5, 5.41) is 10.6. The molecule has 1 unspecified atom stereocenters. The number of nitrogens with one attached hydrogen (secondary N) is 1. The van der Waals surface area contributed by atoms with Crippen LogP contribution in [-0.4, -0.2) is 88.6 Å². The van der Waals surface area contributed by atoms with Crippen molar-refractivity contribution in [3.05, 3.63) is 72.8 Å². The van der Waals surface area contributed by atoms with E-state index in [-0.39, 0.29) is 48.3 Å². The first-order valence-electron chi connectivity index (χ1n) is 13.3. The van der Waals surface area contributed by atoms with Crippen molar-refractivity contribution in [3.63, 3.8) is 0 Å². The Bertz CT molecular complexity index is 1600. The summed E-state index contributed by atoms with van der Waals surface area (Å²) < 4.78 is 77.6. The van der Waals surface area contributed by atoms with Gasteiger partial charge < -0.3 is 14.7 Å². The highest BCUT2D eigenvalue weighted by atomic mass is 32.2. The molecule has 0 saturated carbocycles. The molecule has 1 fully saturated rings. The second-order valence-corrected chi connectivity index (χ2v) is 14.4. The Kier molecular flexibility index (Phi) is 8.46.